The molecule has 27 heavy (non-hydrogen) atoms. The molecule has 140 valence electrons. The van der Waals surface area contributed by atoms with Gasteiger partial charge in [0, 0.05) is 45.9 Å². The fourth-order valence-corrected chi connectivity index (χ4v) is 4.07. The summed E-state index contributed by atoms with van der Waals surface area (Å²) in [4.78, 5) is 4.42. The van der Waals surface area contributed by atoms with Crippen molar-refractivity contribution < 1.29 is 0 Å². The van der Waals surface area contributed by atoms with Gasteiger partial charge in [0.25, 0.3) is 0 Å². The minimum absolute atomic E-state index is 0.500. The first kappa shape index (κ1) is 18.5. The van der Waals surface area contributed by atoms with E-state index in [1.165, 1.54) is 18.4 Å². The molecule has 1 fully saturated rings. The number of anilines is 1. The average molecular weight is 400 g/mol. The van der Waals surface area contributed by atoms with Gasteiger partial charge in [0.1, 0.15) is 0 Å². The highest BCUT2D eigenvalue weighted by Gasteiger charge is 2.21. The third-order valence-corrected chi connectivity index (χ3v) is 5.79. The summed E-state index contributed by atoms with van der Waals surface area (Å²) in [7, 11) is 0. The summed E-state index contributed by atoms with van der Waals surface area (Å²) in [5.74, 6) is 0. The lowest BCUT2D eigenvalue weighted by Crippen LogP contribution is -2.36. The predicted octanol–water partition coefficient (Wildman–Crippen LogP) is 6.05. The molecule has 1 aromatic heterocycles. The molecule has 0 saturated heterocycles. The molecule has 2 aromatic carbocycles. The Kier molecular flexibility index (Phi) is 5.82. The standard InChI is InChI=1S/C22H23Cl2N3/c23-16-3-1-15(2-4-16)14-26-18-6-8-19(9-7-18)27-21-11-12-25-22-13-17(24)5-10-20(21)22/h1-5,10-13,18-19,26H,6-9,14H2,(H,25,27). The van der Waals surface area contributed by atoms with Crippen molar-refractivity contribution in [2.45, 2.75) is 44.3 Å². The van der Waals surface area contributed by atoms with Crippen LogP contribution in [0.5, 0.6) is 0 Å². The van der Waals surface area contributed by atoms with E-state index >= 15 is 0 Å². The fraction of sp³-hybridized carbons (Fsp3) is 0.318. The van der Waals surface area contributed by atoms with Crippen LogP contribution in [0.4, 0.5) is 5.69 Å². The van der Waals surface area contributed by atoms with Crippen molar-refractivity contribution in [3.63, 3.8) is 0 Å². The Labute approximate surface area is 170 Å². The monoisotopic (exact) mass is 399 g/mol. The third-order valence-electron chi connectivity index (χ3n) is 5.30. The van der Waals surface area contributed by atoms with Gasteiger partial charge in [-0.15, -0.1) is 0 Å². The van der Waals surface area contributed by atoms with E-state index in [1.807, 2.05) is 36.5 Å². The molecule has 1 aliphatic carbocycles. The van der Waals surface area contributed by atoms with Gasteiger partial charge in [-0.25, -0.2) is 0 Å². The van der Waals surface area contributed by atoms with Gasteiger partial charge in [0.05, 0.1) is 5.52 Å². The maximum atomic E-state index is 6.09. The second kappa shape index (κ2) is 8.47. The summed E-state index contributed by atoms with van der Waals surface area (Å²) in [5, 5.41) is 10.0. The van der Waals surface area contributed by atoms with Gasteiger partial charge < -0.3 is 10.6 Å². The van der Waals surface area contributed by atoms with Crippen molar-refractivity contribution in [2.24, 2.45) is 0 Å². The minimum atomic E-state index is 0.500. The van der Waals surface area contributed by atoms with Crippen molar-refractivity contribution in [3.05, 3.63) is 70.3 Å². The van der Waals surface area contributed by atoms with Crippen LogP contribution in [-0.2, 0) is 6.54 Å². The normalized spacial score (nSPS) is 19.9. The number of fused-ring (bicyclic) bond motifs is 1. The number of hydrogen-bond acceptors (Lipinski definition) is 3. The lowest BCUT2D eigenvalue weighted by molar-refractivity contribution is 0.353. The minimum Gasteiger partial charge on any atom is -0.382 e. The summed E-state index contributed by atoms with van der Waals surface area (Å²) >= 11 is 12.0. The molecule has 0 amide bonds. The zero-order chi connectivity index (χ0) is 18.6. The van der Waals surface area contributed by atoms with E-state index in [-0.39, 0.29) is 0 Å². The van der Waals surface area contributed by atoms with Crippen LogP contribution in [0.25, 0.3) is 10.9 Å². The van der Waals surface area contributed by atoms with Gasteiger partial charge in [-0.05, 0) is 67.6 Å². The van der Waals surface area contributed by atoms with E-state index in [2.05, 4.69) is 33.8 Å². The number of aromatic nitrogens is 1. The van der Waals surface area contributed by atoms with E-state index in [9.17, 15) is 0 Å². The van der Waals surface area contributed by atoms with Gasteiger partial charge in [0.15, 0.2) is 0 Å². The Balaban J connectivity index is 1.31. The van der Waals surface area contributed by atoms with Gasteiger partial charge in [-0.2, -0.15) is 0 Å². The van der Waals surface area contributed by atoms with Crippen molar-refractivity contribution in [2.75, 3.05) is 5.32 Å². The molecular weight excluding hydrogens is 377 g/mol. The number of benzene rings is 2. The van der Waals surface area contributed by atoms with Crippen molar-refractivity contribution in [1.29, 1.82) is 0 Å². The number of nitrogens with zero attached hydrogens (tertiary/aromatic N) is 1. The molecule has 1 saturated carbocycles. The molecule has 3 nitrogen and oxygen atoms in total. The maximum Gasteiger partial charge on any atom is 0.0737 e. The molecule has 0 radical (unpaired) electrons. The SMILES string of the molecule is Clc1ccc(CNC2CCC(Nc3ccnc4cc(Cl)ccc34)CC2)cc1. The van der Waals surface area contributed by atoms with Crippen molar-refractivity contribution in [3.8, 4) is 0 Å². The summed E-state index contributed by atoms with van der Waals surface area (Å²) < 4.78 is 0. The highest BCUT2D eigenvalue weighted by molar-refractivity contribution is 6.31. The Morgan fingerprint density at radius 3 is 2.33 bits per heavy atom. The predicted molar refractivity (Wildman–Crippen MR) is 115 cm³/mol. The van der Waals surface area contributed by atoms with E-state index < -0.39 is 0 Å². The second-order valence-electron chi connectivity index (χ2n) is 7.22. The number of hydrogen-bond donors (Lipinski definition) is 2. The zero-order valence-electron chi connectivity index (χ0n) is 15.1. The van der Waals surface area contributed by atoms with Crippen LogP contribution in [0, 0.1) is 0 Å². The van der Waals surface area contributed by atoms with E-state index in [1.54, 1.807) is 0 Å². The van der Waals surface area contributed by atoms with Crippen LogP contribution in [0.15, 0.2) is 54.7 Å². The molecule has 0 unspecified atom stereocenters. The van der Waals surface area contributed by atoms with Crippen LogP contribution in [0.1, 0.15) is 31.2 Å². The molecule has 3 aromatic rings. The summed E-state index contributed by atoms with van der Waals surface area (Å²) in [6.45, 7) is 0.898. The highest BCUT2D eigenvalue weighted by atomic mass is 35.5. The van der Waals surface area contributed by atoms with E-state index in [0.717, 1.165) is 46.0 Å². The lowest BCUT2D eigenvalue weighted by Gasteiger charge is -2.30. The number of pyridine rings is 1. The van der Waals surface area contributed by atoms with Crippen LogP contribution in [0.3, 0.4) is 0 Å². The molecule has 1 aliphatic rings. The van der Waals surface area contributed by atoms with Gasteiger partial charge >= 0.3 is 0 Å². The Morgan fingerprint density at radius 1 is 0.852 bits per heavy atom. The zero-order valence-corrected chi connectivity index (χ0v) is 16.6. The van der Waals surface area contributed by atoms with Gasteiger partial charge in [0.2, 0.25) is 0 Å². The first-order valence-electron chi connectivity index (χ1n) is 9.46. The molecule has 0 aliphatic heterocycles. The lowest BCUT2D eigenvalue weighted by atomic mass is 9.90. The van der Waals surface area contributed by atoms with Crippen LogP contribution in [-0.4, -0.2) is 17.1 Å². The Hall–Kier alpha value is -1.81. The molecule has 5 heteroatoms. The largest absolute Gasteiger partial charge is 0.382 e. The molecule has 1 heterocycles. The van der Waals surface area contributed by atoms with Gasteiger partial charge in [-0.3, -0.25) is 4.98 Å². The summed E-state index contributed by atoms with van der Waals surface area (Å²) in [6, 6.07) is 17.1. The second-order valence-corrected chi connectivity index (χ2v) is 8.09. The maximum absolute atomic E-state index is 6.09. The van der Waals surface area contributed by atoms with Crippen LogP contribution < -0.4 is 10.6 Å². The number of rotatable bonds is 5. The van der Waals surface area contributed by atoms with Crippen molar-refractivity contribution >= 4 is 39.8 Å². The highest BCUT2D eigenvalue weighted by Crippen LogP contribution is 2.28. The Morgan fingerprint density at radius 2 is 1.56 bits per heavy atom. The Bertz CT molecular complexity index is 903. The van der Waals surface area contributed by atoms with Gasteiger partial charge in [-0.1, -0.05) is 35.3 Å². The third kappa shape index (κ3) is 4.73. The fourth-order valence-electron chi connectivity index (χ4n) is 3.77. The van der Waals surface area contributed by atoms with Crippen molar-refractivity contribution in [1.82, 2.24) is 10.3 Å². The summed E-state index contributed by atoms with van der Waals surface area (Å²) in [5.41, 5.74) is 3.36. The topological polar surface area (TPSA) is 37.0 Å². The smallest absolute Gasteiger partial charge is 0.0737 e. The quantitative estimate of drug-likeness (QED) is 0.547. The average Bonchev–Trinajstić information content (AvgIpc) is 2.68. The molecular formula is C22H23Cl2N3. The molecule has 0 atom stereocenters. The van der Waals surface area contributed by atoms with E-state index in [4.69, 9.17) is 23.2 Å². The van der Waals surface area contributed by atoms with Crippen LogP contribution >= 0.6 is 23.2 Å². The molecule has 0 bridgehead atoms. The summed E-state index contributed by atoms with van der Waals surface area (Å²) in [6.07, 6.45) is 6.53. The first-order chi connectivity index (χ1) is 13.2. The number of halogens is 2. The van der Waals surface area contributed by atoms with Crippen LogP contribution in [0.2, 0.25) is 10.0 Å². The number of nitrogens with one attached hydrogen (secondary N) is 2. The first-order valence-corrected chi connectivity index (χ1v) is 10.2. The van der Waals surface area contributed by atoms with E-state index in [0.29, 0.717) is 12.1 Å². The molecule has 0 spiro atoms. The molecule has 4 rings (SSSR count). The molecule has 2 N–H and O–H groups in total.